The van der Waals surface area contributed by atoms with Crippen molar-refractivity contribution in [2.45, 2.75) is 32.5 Å². The molecule has 5 nitrogen and oxygen atoms in total. The fraction of sp³-hybridized carbons (Fsp3) is 0.636. The molecule has 16 heavy (non-hydrogen) atoms. The number of nitrogens with zero attached hydrogens (tertiary/aromatic N) is 2. The second-order valence-electron chi connectivity index (χ2n) is 3.83. The van der Waals surface area contributed by atoms with Crippen LogP contribution < -0.4 is 5.73 Å². The maximum Gasteiger partial charge on any atom is 0.162 e. The first-order chi connectivity index (χ1) is 7.55. The lowest BCUT2D eigenvalue weighted by atomic mass is 10.0. The number of anilines is 1. The molecule has 0 aromatic carbocycles. The summed E-state index contributed by atoms with van der Waals surface area (Å²) in [5.74, 6) is 1.04. The number of aromatic nitrogens is 2. The minimum Gasteiger partial charge on any atom is -0.384 e. The molecule has 1 aromatic rings. The third kappa shape index (κ3) is 2.68. The Bertz CT molecular complexity index is 351. The molecule has 0 aliphatic heterocycles. The monoisotopic (exact) mass is 225 g/mol. The van der Waals surface area contributed by atoms with Gasteiger partial charge in [-0.2, -0.15) is 0 Å². The van der Waals surface area contributed by atoms with Crippen molar-refractivity contribution in [3.8, 4) is 0 Å². The van der Waals surface area contributed by atoms with Crippen molar-refractivity contribution < 1.29 is 9.47 Å². The van der Waals surface area contributed by atoms with E-state index < -0.39 is 5.60 Å². The van der Waals surface area contributed by atoms with Gasteiger partial charge >= 0.3 is 0 Å². The average Bonchev–Trinajstić information content (AvgIpc) is 2.27. The second-order valence-corrected chi connectivity index (χ2v) is 3.83. The summed E-state index contributed by atoms with van der Waals surface area (Å²) in [6, 6.07) is 1.71. The van der Waals surface area contributed by atoms with Crippen LogP contribution in [0.15, 0.2) is 6.07 Å². The highest BCUT2D eigenvalue weighted by Crippen LogP contribution is 2.25. The molecule has 0 spiro atoms. The minimum atomic E-state index is -0.502. The van der Waals surface area contributed by atoms with Crippen molar-refractivity contribution in [3.63, 3.8) is 0 Å². The summed E-state index contributed by atoms with van der Waals surface area (Å²) in [5, 5.41) is 0. The smallest absolute Gasteiger partial charge is 0.162 e. The zero-order valence-electron chi connectivity index (χ0n) is 10.3. The molecule has 0 aliphatic rings. The molecule has 1 rings (SSSR count). The van der Waals surface area contributed by atoms with Crippen LogP contribution in [0, 0.1) is 0 Å². The molecule has 2 N–H and O–H groups in total. The number of hydrogen-bond donors (Lipinski definition) is 1. The molecule has 1 atom stereocenters. The largest absolute Gasteiger partial charge is 0.384 e. The van der Waals surface area contributed by atoms with Crippen LogP contribution >= 0.6 is 0 Å². The fourth-order valence-corrected chi connectivity index (χ4v) is 1.37. The number of ether oxygens (including phenoxy) is 2. The van der Waals surface area contributed by atoms with E-state index >= 15 is 0 Å². The average molecular weight is 225 g/mol. The first-order valence-electron chi connectivity index (χ1n) is 5.23. The maximum absolute atomic E-state index is 5.73. The molecule has 0 amide bonds. The lowest BCUT2D eigenvalue weighted by molar-refractivity contribution is -0.00927. The van der Waals surface area contributed by atoms with Crippen molar-refractivity contribution in [1.82, 2.24) is 9.97 Å². The van der Waals surface area contributed by atoms with E-state index in [1.807, 2.05) is 13.8 Å². The Morgan fingerprint density at radius 3 is 2.56 bits per heavy atom. The Morgan fingerprint density at radius 2 is 2.06 bits per heavy atom. The maximum atomic E-state index is 5.73. The lowest BCUT2D eigenvalue weighted by Gasteiger charge is -2.25. The van der Waals surface area contributed by atoms with Gasteiger partial charge in [0, 0.05) is 20.3 Å². The molecule has 0 radical (unpaired) electrons. The highest BCUT2D eigenvalue weighted by molar-refractivity contribution is 5.30. The standard InChI is InChI=1S/C11H19N3O2/c1-5-11(2,16-4)10-13-8(7-15-3)6-9(12)14-10/h6H,5,7H2,1-4H3,(H2,12,13,14). The number of methoxy groups -OCH3 is 2. The van der Waals surface area contributed by atoms with E-state index in [1.165, 1.54) is 0 Å². The third-order valence-electron chi connectivity index (χ3n) is 2.69. The van der Waals surface area contributed by atoms with Crippen molar-refractivity contribution in [1.29, 1.82) is 0 Å². The summed E-state index contributed by atoms with van der Waals surface area (Å²) < 4.78 is 10.5. The Kier molecular flexibility index (Phi) is 4.20. The van der Waals surface area contributed by atoms with Gasteiger partial charge in [-0.05, 0) is 13.3 Å². The van der Waals surface area contributed by atoms with Gasteiger partial charge in [0.15, 0.2) is 5.82 Å². The third-order valence-corrected chi connectivity index (χ3v) is 2.69. The van der Waals surface area contributed by atoms with Gasteiger partial charge in [0.1, 0.15) is 11.4 Å². The van der Waals surface area contributed by atoms with Crippen LogP contribution in [0.3, 0.4) is 0 Å². The summed E-state index contributed by atoms with van der Waals surface area (Å²) in [6.45, 7) is 4.38. The molecule has 0 aliphatic carbocycles. The molecule has 0 bridgehead atoms. The van der Waals surface area contributed by atoms with Gasteiger partial charge < -0.3 is 15.2 Å². The summed E-state index contributed by atoms with van der Waals surface area (Å²) >= 11 is 0. The van der Waals surface area contributed by atoms with E-state index in [1.54, 1.807) is 20.3 Å². The van der Waals surface area contributed by atoms with Crippen LogP contribution in [0.2, 0.25) is 0 Å². The van der Waals surface area contributed by atoms with E-state index in [9.17, 15) is 0 Å². The van der Waals surface area contributed by atoms with E-state index in [4.69, 9.17) is 15.2 Å². The molecule has 0 saturated carbocycles. The van der Waals surface area contributed by atoms with Gasteiger partial charge in [-0.3, -0.25) is 0 Å². The Hall–Kier alpha value is -1.20. The highest BCUT2D eigenvalue weighted by atomic mass is 16.5. The van der Waals surface area contributed by atoms with E-state index in [0.29, 0.717) is 18.2 Å². The Balaban J connectivity index is 3.12. The number of rotatable bonds is 5. The van der Waals surface area contributed by atoms with Crippen molar-refractivity contribution >= 4 is 5.82 Å². The molecular formula is C11H19N3O2. The topological polar surface area (TPSA) is 70.3 Å². The van der Waals surface area contributed by atoms with Crippen LogP contribution in [-0.4, -0.2) is 24.2 Å². The molecule has 90 valence electrons. The summed E-state index contributed by atoms with van der Waals surface area (Å²) in [4.78, 5) is 8.61. The first-order valence-corrected chi connectivity index (χ1v) is 5.23. The number of nitrogen functional groups attached to an aromatic ring is 1. The molecular weight excluding hydrogens is 206 g/mol. The molecule has 0 saturated heterocycles. The zero-order valence-corrected chi connectivity index (χ0v) is 10.3. The summed E-state index contributed by atoms with van der Waals surface area (Å²) in [7, 11) is 3.26. The SMILES string of the molecule is CCC(C)(OC)c1nc(N)cc(COC)n1. The van der Waals surface area contributed by atoms with Crippen LogP contribution in [0.5, 0.6) is 0 Å². The quantitative estimate of drug-likeness (QED) is 0.821. The molecule has 1 unspecified atom stereocenters. The molecule has 1 aromatic heterocycles. The number of nitrogens with two attached hydrogens (primary N) is 1. The fourth-order valence-electron chi connectivity index (χ4n) is 1.37. The number of hydrogen-bond acceptors (Lipinski definition) is 5. The predicted molar refractivity (Wildman–Crippen MR) is 61.8 cm³/mol. The van der Waals surface area contributed by atoms with Crippen LogP contribution in [-0.2, 0) is 21.7 Å². The van der Waals surface area contributed by atoms with Crippen molar-refractivity contribution in [2.75, 3.05) is 20.0 Å². The Morgan fingerprint density at radius 1 is 1.38 bits per heavy atom. The zero-order chi connectivity index (χ0) is 12.2. The van der Waals surface area contributed by atoms with E-state index in [0.717, 1.165) is 12.1 Å². The molecule has 1 heterocycles. The van der Waals surface area contributed by atoms with Crippen LogP contribution in [0.1, 0.15) is 31.8 Å². The van der Waals surface area contributed by atoms with Gasteiger partial charge in [-0.1, -0.05) is 6.92 Å². The van der Waals surface area contributed by atoms with Crippen LogP contribution in [0.4, 0.5) is 5.82 Å². The van der Waals surface area contributed by atoms with Crippen LogP contribution in [0.25, 0.3) is 0 Å². The minimum absolute atomic E-state index is 0.420. The Labute approximate surface area is 96.0 Å². The van der Waals surface area contributed by atoms with Gasteiger partial charge in [0.05, 0.1) is 12.3 Å². The second kappa shape index (κ2) is 5.23. The van der Waals surface area contributed by atoms with Gasteiger partial charge in [-0.25, -0.2) is 9.97 Å². The first kappa shape index (κ1) is 12.9. The van der Waals surface area contributed by atoms with E-state index in [2.05, 4.69) is 9.97 Å². The summed E-state index contributed by atoms with van der Waals surface area (Å²) in [6.07, 6.45) is 0.777. The van der Waals surface area contributed by atoms with Gasteiger partial charge in [0.2, 0.25) is 0 Å². The van der Waals surface area contributed by atoms with Gasteiger partial charge in [-0.15, -0.1) is 0 Å². The molecule has 5 heteroatoms. The van der Waals surface area contributed by atoms with Gasteiger partial charge in [0.25, 0.3) is 0 Å². The van der Waals surface area contributed by atoms with Crippen molar-refractivity contribution in [2.24, 2.45) is 0 Å². The van der Waals surface area contributed by atoms with E-state index in [-0.39, 0.29) is 0 Å². The normalized spacial score (nSPS) is 14.8. The molecule has 0 fully saturated rings. The summed E-state index contributed by atoms with van der Waals surface area (Å²) in [5.41, 5.74) is 6.00. The highest BCUT2D eigenvalue weighted by Gasteiger charge is 2.28. The lowest BCUT2D eigenvalue weighted by Crippen LogP contribution is -2.27. The predicted octanol–water partition coefficient (Wildman–Crippen LogP) is 1.48. The van der Waals surface area contributed by atoms with Crippen molar-refractivity contribution in [3.05, 3.63) is 17.6 Å².